The quantitative estimate of drug-likeness (QED) is 0.628. The first kappa shape index (κ1) is 17.2. The second kappa shape index (κ2) is 6.97. The standard InChI is InChI=1S/C17H23N3O3/c1-17(2,3)19-9-5-6-13(11-19)12-23-16-8-4-7-15(20(21)22)14(16)10-18/h4,7-8,13H,5-6,9,11-12H2,1-3H3/t13-/m0/s1. The van der Waals surface area contributed by atoms with Crippen molar-refractivity contribution in [2.24, 2.45) is 5.92 Å². The zero-order valence-electron chi connectivity index (χ0n) is 13.9. The molecule has 0 bridgehead atoms. The molecule has 6 heteroatoms. The molecule has 0 saturated carbocycles. The minimum Gasteiger partial charge on any atom is -0.492 e. The molecule has 124 valence electrons. The van der Waals surface area contributed by atoms with Gasteiger partial charge in [-0.3, -0.25) is 15.0 Å². The van der Waals surface area contributed by atoms with Gasteiger partial charge in [-0.05, 0) is 46.2 Å². The summed E-state index contributed by atoms with van der Waals surface area (Å²) in [5.74, 6) is 0.670. The van der Waals surface area contributed by atoms with Crippen molar-refractivity contribution >= 4 is 5.69 Å². The summed E-state index contributed by atoms with van der Waals surface area (Å²) in [6.45, 7) is 9.10. The van der Waals surface area contributed by atoms with Crippen molar-refractivity contribution in [3.8, 4) is 11.8 Å². The third-order valence-electron chi connectivity index (χ3n) is 4.25. The minimum atomic E-state index is -0.548. The van der Waals surface area contributed by atoms with Gasteiger partial charge in [0.15, 0.2) is 5.56 Å². The van der Waals surface area contributed by atoms with Crippen molar-refractivity contribution in [1.82, 2.24) is 4.90 Å². The van der Waals surface area contributed by atoms with Gasteiger partial charge in [0.2, 0.25) is 0 Å². The highest BCUT2D eigenvalue weighted by molar-refractivity contribution is 5.56. The molecule has 0 N–H and O–H groups in total. The number of nitro benzene ring substituents is 1. The molecular formula is C17H23N3O3. The lowest BCUT2D eigenvalue weighted by atomic mass is 9.94. The van der Waals surface area contributed by atoms with Gasteiger partial charge in [0.05, 0.1) is 11.5 Å². The average molecular weight is 317 g/mol. The van der Waals surface area contributed by atoms with Gasteiger partial charge in [-0.15, -0.1) is 0 Å². The number of nitriles is 1. The van der Waals surface area contributed by atoms with Crippen molar-refractivity contribution in [1.29, 1.82) is 5.26 Å². The Morgan fingerprint density at radius 2 is 2.22 bits per heavy atom. The normalized spacial score (nSPS) is 19.1. The molecule has 1 aromatic carbocycles. The number of piperidine rings is 1. The minimum absolute atomic E-state index is 0.000914. The molecule has 1 atom stereocenters. The van der Waals surface area contributed by atoms with Gasteiger partial charge < -0.3 is 4.74 Å². The average Bonchev–Trinajstić information content (AvgIpc) is 2.51. The maximum absolute atomic E-state index is 11.0. The molecule has 1 fully saturated rings. The molecule has 2 rings (SSSR count). The summed E-state index contributed by atoms with van der Waals surface area (Å²) in [4.78, 5) is 12.9. The van der Waals surface area contributed by atoms with Crippen LogP contribution in [0.5, 0.6) is 5.75 Å². The van der Waals surface area contributed by atoms with Crippen LogP contribution in [-0.4, -0.2) is 35.1 Å². The molecule has 0 amide bonds. The van der Waals surface area contributed by atoms with Crippen LogP contribution in [0.3, 0.4) is 0 Å². The molecule has 1 aliphatic rings. The number of hydrogen-bond acceptors (Lipinski definition) is 5. The van der Waals surface area contributed by atoms with Crippen LogP contribution in [0.25, 0.3) is 0 Å². The fraction of sp³-hybridized carbons (Fsp3) is 0.588. The number of hydrogen-bond donors (Lipinski definition) is 0. The van der Waals surface area contributed by atoms with E-state index < -0.39 is 4.92 Å². The summed E-state index contributed by atoms with van der Waals surface area (Å²) in [7, 11) is 0. The third-order valence-corrected chi connectivity index (χ3v) is 4.25. The first-order chi connectivity index (χ1) is 10.8. The van der Waals surface area contributed by atoms with Gasteiger partial charge in [0.25, 0.3) is 5.69 Å². The third kappa shape index (κ3) is 4.20. The highest BCUT2D eigenvalue weighted by Gasteiger charge is 2.28. The lowest BCUT2D eigenvalue weighted by Crippen LogP contribution is -2.48. The maximum atomic E-state index is 11.0. The molecule has 0 radical (unpaired) electrons. The van der Waals surface area contributed by atoms with E-state index in [2.05, 4.69) is 25.7 Å². The van der Waals surface area contributed by atoms with E-state index in [0.29, 0.717) is 18.3 Å². The monoisotopic (exact) mass is 317 g/mol. The summed E-state index contributed by atoms with van der Waals surface area (Å²) in [6.07, 6.45) is 2.19. The Kier molecular flexibility index (Phi) is 5.22. The summed E-state index contributed by atoms with van der Waals surface area (Å²) in [5.41, 5.74) is -0.0758. The van der Waals surface area contributed by atoms with Crippen LogP contribution < -0.4 is 4.74 Å². The van der Waals surface area contributed by atoms with Crippen LogP contribution in [0.4, 0.5) is 5.69 Å². The van der Waals surface area contributed by atoms with E-state index in [-0.39, 0.29) is 16.8 Å². The number of likely N-dealkylation sites (tertiary alicyclic amines) is 1. The maximum Gasteiger partial charge on any atom is 0.290 e. The predicted molar refractivity (Wildman–Crippen MR) is 87.4 cm³/mol. The molecule has 6 nitrogen and oxygen atoms in total. The largest absolute Gasteiger partial charge is 0.492 e. The van der Waals surface area contributed by atoms with Crippen LogP contribution in [-0.2, 0) is 0 Å². The zero-order chi connectivity index (χ0) is 17.0. The Bertz CT molecular complexity index is 616. The van der Waals surface area contributed by atoms with Crippen LogP contribution in [0.15, 0.2) is 18.2 Å². The Hall–Kier alpha value is -2.13. The highest BCUT2D eigenvalue weighted by Crippen LogP contribution is 2.29. The molecule has 1 aliphatic heterocycles. The summed E-state index contributed by atoms with van der Waals surface area (Å²) < 4.78 is 5.77. The lowest BCUT2D eigenvalue weighted by molar-refractivity contribution is -0.385. The molecule has 0 aromatic heterocycles. The zero-order valence-corrected chi connectivity index (χ0v) is 13.9. The Labute approximate surface area is 136 Å². The summed E-state index contributed by atoms with van der Waals surface area (Å²) >= 11 is 0. The Morgan fingerprint density at radius 1 is 1.48 bits per heavy atom. The molecule has 0 spiro atoms. The highest BCUT2D eigenvalue weighted by atomic mass is 16.6. The predicted octanol–water partition coefficient (Wildman–Crippen LogP) is 3.36. The number of nitrogens with zero attached hydrogens (tertiary/aromatic N) is 3. The van der Waals surface area contributed by atoms with Crippen LogP contribution in [0.2, 0.25) is 0 Å². The van der Waals surface area contributed by atoms with Crippen LogP contribution >= 0.6 is 0 Å². The molecule has 1 aromatic rings. The van der Waals surface area contributed by atoms with Gasteiger partial charge in [-0.1, -0.05) is 6.07 Å². The van der Waals surface area contributed by atoms with Crippen molar-refractivity contribution in [3.05, 3.63) is 33.9 Å². The lowest BCUT2D eigenvalue weighted by Gasteiger charge is -2.41. The van der Waals surface area contributed by atoms with Gasteiger partial charge in [-0.2, -0.15) is 5.26 Å². The first-order valence-electron chi connectivity index (χ1n) is 7.88. The van der Waals surface area contributed by atoms with Gasteiger partial charge in [0.1, 0.15) is 11.8 Å². The van der Waals surface area contributed by atoms with E-state index in [9.17, 15) is 15.4 Å². The van der Waals surface area contributed by atoms with E-state index in [4.69, 9.17) is 4.74 Å². The van der Waals surface area contributed by atoms with Crippen LogP contribution in [0, 0.1) is 27.4 Å². The fourth-order valence-corrected chi connectivity index (χ4v) is 2.92. The van der Waals surface area contributed by atoms with E-state index in [1.54, 1.807) is 12.1 Å². The number of benzene rings is 1. The number of ether oxygens (including phenoxy) is 1. The Morgan fingerprint density at radius 3 is 2.83 bits per heavy atom. The smallest absolute Gasteiger partial charge is 0.290 e. The van der Waals surface area contributed by atoms with Crippen molar-refractivity contribution in [3.63, 3.8) is 0 Å². The van der Waals surface area contributed by atoms with Crippen molar-refractivity contribution in [2.45, 2.75) is 39.2 Å². The fourth-order valence-electron chi connectivity index (χ4n) is 2.92. The second-order valence-corrected chi connectivity index (χ2v) is 6.96. The molecule has 1 heterocycles. The van der Waals surface area contributed by atoms with E-state index in [0.717, 1.165) is 25.9 Å². The van der Waals surface area contributed by atoms with Gasteiger partial charge >= 0.3 is 0 Å². The van der Waals surface area contributed by atoms with Gasteiger partial charge in [0, 0.05) is 24.1 Å². The summed E-state index contributed by atoms with van der Waals surface area (Å²) in [5, 5.41) is 20.2. The number of rotatable bonds is 4. The number of nitro groups is 1. The first-order valence-corrected chi connectivity index (χ1v) is 7.88. The molecule has 0 unspecified atom stereocenters. The van der Waals surface area contributed by atoms with Gasteiger partial charge in [-0.25, -0.2) is 0 Å². The Balaban J connectivity index is 2.05. The molecule has 0 aliphatic carbocycles. The van der Waals surface area contributed by atoms with E-state index >= 15 is 0 Å². The summed E-state index contributed by atoms with van der Waals surface area (Å²) in [6, 6.07) is 6.39. The molecule has 1 saturated heterocycles. The van der Waals surface area contributed by atoms with E-state index in [1.165, 1.54) is 6.07 Å². The van der Waals surface area contributed by atoms with E-state index in [1.807, 2.05) is 6.07 Å². The second-order valence-electron chi connectivity index (χ2n) is 6.96. The topological polar surface area (TPSA) is 79.4 Å². The van der Waals surface area contributed by atoms with Crippen molar-refractivity contribution in [2.75, 3.05) is 19.7 Å². The SMILES string of the molecule is CC(C)(C)N1CCC[C@H](COc2cccc([N+](=O)[O-])c2C#N)C1. The van der Waals surface area contributed by atoms with Crippen LogP contribution in [0.1, 0.15) is 39.2 Å². The molecular weight excluding hydrogens is 294 g/mol. The molecule has 23 heavy (non-hydrogen) atoms. The van der Waals surface area contributed by atoms with Crippen molar-refractivity contribution < 1.29 is 9.66 Å².